The van der Waals surface area contributed by atoms with Gasteiger partial charge in [0.2, 0.25) is 17.7 Å². The van der Waals surface area contributed by atoms with Crippen LogP contribution < -0.4 is 16.0 Å². The first-order chi connectivity index (χ1) is 17.3. The SMILES string of the molecule is CC1CCCCC1NC(=O)CCCCC(CC(=O)NC1CCCCC1C)C(=O)NC1CCCCC1C. The molecule has 3 amide bonds. The van der Waals surface area contributed by atoms with Gasteiger partial charge in [-0.2, -0.15) is 0 Å². The molecule has 0 bridgehead atoms. The van der Waals surface area contributed by atoms with Crippen LogP contribution in [0.2, 0.25) is 0 Å². The van der Waals surface area contributed by atoms with Gasteiger partial charge >= 0.3 is 0 Å². The van der Waals surface area contributed by atoms with Crippen LogP contribution in [0.3, 0.4) is 0 Å². The number of amides is 3. The number of carbonyl (C=O) groups is 3. The van der Waals surface area contributed by atoms with Crippen LogP contribution in [0.1, 0.15) is 130 Å². The van der Waals surface area contributed by atoms with Gasteiger partial charge < -0.3 is 16.0 Å². The molecule has 7 unspecified atom stereocenters. The number of hydrogen-bond donors (Lipinski definition) is 3. The first kappa shape index (κ1) is 29.0. The Bertz CT molecular complexity index is 712. The Labute approximate surface area is 219 Å². The van der Waals surface area contributed by atoms with Crippen LogP contribution in [-0.2, 0) is 14.4 Å². The highest BCUT2D eigenvalue weighted by Crippen LogP contribution is 2.27. The Morgan fingerprint density at radius 3 is 1.56 bits per heavy atom. The summed E-state index contributed by atoms with van der Waals surface area (Å²) >= 11 is 0. The van der Waals surface area contributed by atoms with E-state index in [1.165, 1.54) is 38.5 Å². The predicted octanol–water partition coefficient (Wildman–Crippen LogP) is 5.64. The third-order valence-electron chi connectivity index (χ3n) is 9.36. The van der Waals surface area contributed by atoms with Crippen molar-refractivity contribution in [1.82, 2.24) is 16.0 Å². The van der Waals surface area contributed by atoms with Gasteiger partial charge in [-0.25, -0.2) is 0 Å². The summed E-state index contributed by atoms with van der Waals surface area (Å²) in [6, 6.07) is 0.769. The number of hydrogen-bond acceptors (Lipinski definition) is 3. The summed E-state index contributed by atoms with van der Waals surface area (Å²) < 4.78 is 0. The van der Waals surface area contributed by atoms with E-state index in [2.05, 4.69) is 36.7 Å². The fourth-order valence-corrected chi connectivity index (χ4v) is 6.66. The Morgan fingerprint density at radius 1 is 0.611 bits per heavy atom. The number of rotatable bonds is 11. The van der Waals surface area contributed by atoms with Crippen molar-refractivity contribution in [2.45, 2.75) is 148 Å². The van der Waals surface area contributed by atoms with Crippen molar-refractivity contribution >= 4 is 17.7 Å². The summed E-state index contributed by atoms with van der Waals surface area (Å²) in [6.07, 6.45) is 16.9. The molecule has 6 nitrogen and oxygen atoms in total. The molecule has 0 aromatic carbocycles. The summed E-state index contributed by atoms with van der Waals surface area (Å²) in [5, 5.41) is 9.78. The maximum absolute atomic E-state index is 13.3. The molecule has 0 aromatic heterocycles. The Kier molecular flexibility index (Phi) is 12.1. The zero-order valence-corrected chi connectivity index (χ0v) is 23.3. The lowest BCUT2D eigenvalue weighted by atomic mass is 9.85. The third-order valence-corrected chi connectivity index (χ3v) is 9.36. The van der Waals surface area contributed by atoms with Crippen LogP contribution in [0.4, 0.5) is 0 Å². The summed E-state index contributed by atoms with van der Waals surface area (Å²) in [5.41, 5.74) is 0. The van der Waals surface area contributed by atoms with Gasteiger partial charge in [0.05, 0.1) is 0 Å². The lowest BCUT2D eigenvalue weighted by Gasteiger charge is -2.32. The molecule has 0 spiro atoms. The minimum atomic E-state index is -0.320. The van der Waals surface area contributed by atoms with Gasteiger partial charge in [0, 0.05) is 36.9 Å². The first-order valence-electron chi connectivity index (χ1n) is 15.2. The van der Waals surface area contributed by atoms with Gasteiger partial charge in [-0.15, -0.1) is 0 Å². The highest BCUT2D eigenvalue weighted by atomic mass is 16.2. The molecule has 0 aliphatic heterocycles. The van der Waals surface area contributed by atoms with Crippen molar-refractivity contribution in [3.8, 4) is 0 Å². The summed E-state index contributed by atoms with van der Waals surface area (Å²) in [5.74, 6) is 1.41. The Balaban J connectivity index is 1.48. The minimum absolute atomic E-state index is 0.00891. The molecule has 206 valence electrons. The molecule has 3 rings (SSSR count). The molecule has 3 aliphatic rings. The second kappa shape index (κ2) is 15.0. The molecule has 3 fully saturated rings. The molecule has 0 saturated heterocycles. The maximum atomic E-state index is 13.3. The fourth-order valence-electron chi connectivity index (χ4n) is 6.66. The zero-order chi connectivity index (χ0) is 25.9. The zero-order valence-electron chi connectivity index (χ0n) is 23.3. The van der Waals surface area contributed by atoms with Gasteiger partial charge in [0.15, 0.2) is 0 Å². The molecule has 0 heterocycles. The van der Waals surface area contributed by atoms with Crippen molar-refractivity contribution in [3.05, 3.63) is 0 Å². The third kappa shape index (κ3) is 9.37. The van der Waals surface area contributed by atoms with E-state index in [0.717, 1.165) is 51.4 Å². The number of nitrogens with one attached hydrogen (secondary N) is 3. The topological polar surface area (TPSA) is 87.3 Å². The van der Waals surface area contributed by atoms with Gasteiger partial charge in [0.1, 0.15) is 0 Å². The fraction of sp³-hybridized carbons (Fsp3) is 0.900. The second-order valence-electron chi connectivity index (χ2n) is 12.4. The molecule has 3 N–H and O–H groups in total. The van der Waals surface area contributed by atoms with Crippen LogP contribution in [0.5, 0.6) is 0 Å². The highest BCUT2D eigenvalue weighted by Gasteiger charge is 2.30. The highest BCUT2D eigenvalue weighted by molar-refractivity contribution is 5.86. The first-order valence-corrected chi connectivity index (χ1v) is 15.2. The van der Waals surface area contributed by atoms with E-state index in [1.54, 1.807) is 0 Å². The van der Waals surface area contributed by atoms with Crippen LogP contribution in [0.15, 0.2) is 0 Å². The van der Waals surface area contributed by atoms with E-state index in [4.69, 9.17) is 0 Å². The van der Waals surface area contributed by atoms with E-state index >= 15 is 0 Å². The summed E-state index contributed by atoms with van der Waals surface area (Å²) in [4.78, 5) is 38.8. The molecule has 3 saturated carbocycles. The average molecular weight is 504 g/mol. The normalized spacial score (nSPS) is 31.8. The lowest BCUT2D eigenvalue weighted by molar-refractivity contribution is -0.132. The standard InChI is InChI=1S/C30H53N3O3/c1-21-12-4-8-16-25(21)31-28(34)19-11-7-15-24(30(36)33-27-18-10-6-14-23(27)3)20-29(35)32-26-17-9-5-13-22(26)2/h21-27H,4-20H2,1-3H3,(H,31,34)(H,32,35)(H,33,36). The summed E-state index contributed by atoms with van der Waals surface area (Å²) in [6.45, 7) is 6.68. The maximum Gasteiger partial charge on any atom is 0.223 e. The van der Waals surface area contributed by atoms with E-state index in [-0.39, 0.29) is 42.1 Å². The van der Waals surface area contributed by atoms with Crippen molar-refractivity contribution in [2.75, 3.05) is 0 Å². The molecule has 3 aliphatic carbocycles. The smallest absolute Gasteiger partial charge is 0.223 e. The Hall–Kier alpha value is -1.59. The van der Waals surface area contributed by atoms with Crippen LogP contribution in [-0.4, -0.2) is 35.8 Å². The molecular formula is C30H53N3O3. The minimum Gasteiger partial charge on any atom is -0.353 e. The Morgan fingerprint density at radius 2 is 1.06 bits per heavy atom. The molecular weight excluding hydrogens is 450 g/mol. The molecule has 36 heavy (non-hydrogen) atoms. The van der Waals surface area contributed by atoms with Gasteiger partial charge in [-0.05, 0) is 69.1 Å². The average Bonchev–Trinajstić information content (AvgIpc) is 2.85. The van der Waals surface area contributed by atoms with Gasteiger partial charge in [-0.1, -0.05) is 65.7 Å². The molecule has 0 aromatic rings. The second-order valence-corrected chi connectivity index (χ2v) is 12.4. The summed E-state index contributed by atoms with van der Waals surface area (Å²) in [7, 11) is 0. The van der Waals surface area contributed by atoms with Crippen molar-refractivity contribution in [2.24, 2.45) is 23.7 Å². The molecule has 0 radical (unpaired) electrons. The van der Waals surface area contributed by atoms with E-state index in [9.17, 15) is 14.4 Å². The van der Waals surface area contributed by atoms with E-state index < -0.39 is 0 Å². The van der Waals surface area contributed by atoms with Crippen molar-refractivity contribution in [1.29, 1.82) is 0 Å². The molecule has 6 heteroatoms. The quantitative estimate of drug-likeness (QED) is 0.319. The van der Waals surface area contributed by atoms with E-state index in [1.807, 2.05) is 0 Å². The van der Waals surface area contributed by atoms with Crippen LogP contribution in [0, 0.1) is 23.7 Å². The van der Waals surface area contributed by atoms with Crippen molar-refractivity contribution < 1.29 is 14.4 Å². The number of carbonyl (C=O) groups excluding carboxylic acids is 3. The lowest BCUT2D eigenvalue weighted by Crippen LogP contribution is -2.46. The van der Waals surface area contributed by atoms with Gasteiger partial charge in [0.25, 0.3) is 0 Å². The van der Waals surface area contributed by atoms with Crippen LogP contribution in [0.25, 0.3) is 0 Å². The monoisotopic (exact) mass is 503 g/mol. The van der Waals surface area contributed by atoms with E-state index in [0.29, 0.717) is 36.6 Å². The predicted molar refractivity (Wildman–Crippen MR) is 145 cm³/mol. The molecule has 7 atom stereocenters. The van der Waals surface area contributed by atoms with Gasteiger partial charge in [-0.3, -0.25) is 14.4 Å². The number of unbranched alkanes of at least 4 members (excludes halogenated alkanes) is 1. The largest absolute Gasteiger partial charge is 0.353 e. The van der Waals surface area contributed by atoms with Crippen LogP contribution >= 0.6 is 0 Å². The van der Waals surface area contributed by atoms with Crippen molar-refractivity contribution in [3.63, 3.8) is 0 Å².